The van der Waals surface area contributed by atoms with Gasteiger partial charge in [0, 0.05) is 6.07 Å². The summed E-state index contributed by atoms with van der Waals surface area (Å²) in [7, 11) is 1.54. The molecule has 0 bridgehead atoms. The first-order chi connectivity index (χ1) is 9.22. The van der Waals surface area contributed by atoms with Gasteiger partial charge in [0.2, 0.25) is 0 Å². The van der Waals surface area contributed by atoms with E-state index >= 15 is 0 Å². The highest BCUT2D eigenvalue weighted by Crippen LogP contribution is 2.50. The Bertz CT molecular complexity index is 627. The number of H-pyrrole nitrogens is 1. The fourth-order valence-electron chi connectivity index (χ4n) is 2.08. The van der Waals surface area contributed by atoms with Crippen molar-refractivity contribution in [1.82, 2.24) is 10.2 Å². The SMILES string of the molecule is COc1c(Cl)cc2c(c1-c1cn[nH]c1N)OCCO2. The van der Waals surface area contributed by atoms with Crippen LogP contribution in [0.25, 0.3) is 11.1 Å². The topological polar surface area (TPSA) is 82.4 Å². The Morgan fingerprint density at radius 3 is 2.89 bits per heavy atom. The molecular formula is C12H12ClN3O3. The largest absolute Gasteiger partial charge is 0.494 e. The van der Waals surface area contributed by atoms with Gasteiger partial charge in [-0.1, -0.05) is 11.6 Å². The molecule has 19 heavy (non-hydrogen) atoms. The summed E-state index contributed by atoms with van der Waals surface area (Å²) >= 11 is 6.20. The maximum absolute atomic E-state index is 6.20. The first-order valence-corrected chi connectivity index (χ1v) is 6.05. The van der Waals surface area contributed by atoms with E-state index in [4.69, 9.17) is 31.5 Å². The highest BCUT2D eigenvalue weighted by Gasteiger charge is 2.26. The molecule has 7 heteroatoms. The number of benzene rings is 1. The van der Waals surface area contributed by atoms with Crippen molar-refractivity contribution >= 4 is 17.4 Å². The molecule has 6 nitrogen and oxygen atoms in total. The van der Waals surface area contributed by atoms with Crippen LogP contribution in [-0.2, 0) is 0 Å². The van der Waals surface area contributed by atoms with Crippen LogP contribution in [0.2, 0.25) is 5.02 Å². The molecule has 2 heterocycles. The molecule has 0 saturated heterocycles. The average Bonchev–Trinajstić information content (AvgIpc) is 2.83. The lowest BCUT2D eigenvalue weighted by Gasteiger charge is -2.23. The van der Waals surface area contributed by atoms with Gasteiger partial charge in [0.25, 0.3) is 0 Å². The molecule has 3 N–H and O–H groups in total. The van der Waals surface area contributed by atoms with E-state index in [1.165, 1.54) is 7.11 Å². The predicted molar refractivity (Wildman–Crippen MR) is 71.0 cm³/mol. The molecule has 0 aliphatic carbocycles. The van der Waals surface area contributed by atoms with Crippen molar-refractivity contribution < 1.29 is 14.2 Å². The van der Waals surface area contributed by atoms with Crippen molar-refractivity contribution in [2.24, 2.45) is 0 Å². The Morgan fingerprint density at radius 1 is 1.42 bits per heavy atom. The summed E-state index contributed by atoms with van der Waals surface area (Å²) in [4.78, 5) is 0. The maximum Gasteiger partial charge on any atom is 0.173 e. The Morgan fingerprint density at radius 2 is 2.21 bits per heavy atom. The van der Waals surface area contributed by atoms with Gasteiger partial charge in [0.1, 0.15) is 24.8 Å². The minimum atomic E-state index is 0.414. The molecule has 1 aliphatic rings. The van der Waals surface area contributed by atoms with Crippen LogP contribution in [0.3, 0.4) is 0 Å². The van der Waals surface area contributed by atoms with Crippen molar-refractivity contribution in [1.29, 1.82) is 0 Å². The number of nitrogens with one attached hydrogen (secondary N) is 1. The number of rotatable bonds is 2. The van der Waals surface area contributed by atoms with Gasteiger partial charge in [0.15, 0.2) is 11.5 Å². The number of nitrogens with zero attached hydrogens (tertiary/aromatic N) is 1. The summed E-state index contributed by atoms with van der Waals surface area (Å²) < 4.78 is 16.6. The van der Waals surface area contributed by atoms with Gasteiger partial charge >= 0.3 is 0 Å². The summed E-state index contributed by atoms with van der Waals surface area (Å²) in [6, 6.07) is 1.68. The lowest BCUT2D eigenvalue weighted by atomic mass is 10.0. The fourth-order valence-corrected chi connectivity index (χ4v) is 2.35. The Balaban J connectivity index is 2.31. The highest BCUT2D eigenvalue weighted by atomic mass is 35.5. The molecule has 0 fully saturated rings. The first kappa shape index (κ1) is 12.0. The van der Waals surface area contributed by atoms with Gasteiger partial charge in [-0.05, 0) is 0 Å². The third-order valence-electron chi connectivity index (χ3n) is 2.88. The molecule has 0 saturated carbocycles. The van der Waals surface area contributed by atoms with Crippen LogP contribution in [0, 0.1) is 0 Å². The zero-order chi connectivity index (χ0) is 13.4. The van der Waals surface area contributed by atoms with Crippen LogP contribution in [0.15, 0.2) is 12.3 Å². The van der Waals surface area contributed by atoms with Crippen LogP contribution in [-0.4, -0.2) is 30.5 Å². The number of hydrogen-bond donors (Lipinski definition) is 2. The second-order valence-corrected chi connectivity index (χ2v) is 4.40. The second kappa shape index (κ2) is 4.55. The molecule has 0 unspecified atom stereocenters. The molecule has 0 amide bonds. The van der Waals surface area contributed by atoms with Gasteiger partial charge < -0.3 is 19.9 Å². The third-order valence-corrected chi connectivity index (χ3v) is 3.16. The molecular weight excluding hydrogens is 270 g/mol. The monoisotopic (exact) mass is 281 g/mol. The van der Waals surface area contributed by atoms with Gasteiger partial charge in [-0.3, -0.25) is 5.10 Å². The van der Waals surface area contributed by atoms with E-state index in [1.807, 2.05) is 0 Å². The minimum Gasteiger partial charge on any atom is -0.494 e. The van der Waals surface area contributed by atoms with Crippen molar-refractivity contribution in [3.8, 4) is 28.4 Å². The predicted octanol–water partition coefficient (Wildman–Crippen LogP) is 2.09. The van der Waals surface area contributed by atoms with E-state index < -0.39 is 0 Å². The standard InChI is InChI=1S/C12H12ClN3O3/c1-17-10-7(13)4-8-11(19-3-2-18-8)9(10)6-5-15-16-12(6)14/h4-5H,2-3H2,1H3,(H3,14,15,16). The molecule has 0 radical (unpaired) electrons. The van der Waals surface area contributed by atoms with Crippen LogP contribution in [0.4, 0.5) is 5.82 Å². The van der Waals surface area contributed by atoms with Crippen LogP contribution < -0.4 is 19.9 Å². The van der Waals surface area contributed by atoms with Crippen LogP contribution >= 0.6 is 11.6 Å². The number of nitrogens with two attached hydrogens (primary N) is 1. The van der Waals surface area contributed by atoms with Gasteiger partial charge in [0.05, 0.1) is 29.5 Å². The number of methoxy groups -OCH3 is 1. The summed E-state index contributed by atoms with van der Waals surface area (Å²) in [5.74, 6) is 2.05. The molecule has 1 aromatic heterocycles. The molecule has 0 spiro atoms. The number of nitrogen functional groups attached to an aromatic ring is 1. The normalized spacial score (nSPS) is 13.4. The number of aromatic nitrogens is 2. The number of anilines is 1. The number of aromatic amines is 1. The van der Waals surface area contributed by atoms with Crippen LogP contribution in [0.1, 0.15) is 0 Å². The molecule has 0 atom stereocenters. The smallest absolute Gasteiger partial charge is 0.173 e. The minimum absolute atomic E-state index is 0.414. The second-order valence-electron chi connectivity index (χ2n) is 3.99. The molecule has 2 aromatic rings. The van der Waals surface area contributed by atoms with Gasteiger partial charge in [-0.2, -0.15) is 5.10 Å². The average molecular weight is 282 g/mol. The number of hydrogen-bond acceptors (Lipinski definition) is 5. The summed E-state index contributed by atoms with van der Waals surface area (Å²) in [6.07, 6.45) is 1.60. The molecule has 3 rings (SSSR count). The van der Waals surface area contributed by atoms with E-state index in [9.17, 15) is 0 Å². The maximum atomic E-state index is 6.20. The van der Waals surface area contributed by atoms with Crippen molar-refractivity contribution in [2.45, 2.75) is 0 Å². The van der Waals surface area contributed by atoms with E-state index in [-0.39, 0.29) is 0 Å². The molecule has 100 valence electrons. The summed E-state index contributed by atoms with van der Waals surface area (Å²) in [6.45, 7) is 0.943. The van der Waals surface area contributed by atoms with Crippen molar-refractivity contribution in [2.75, 3.05) is 26.1 Å². The lowest BCUT2D eigenvalue weighted by Crippen LogP contribution is -2.16. The van der Waals surface area contributed by atoms with Crippen molar-refractivity contribution in [3.05, 3.63) is 17.3 Å². The zero-order valence-electron chi connectivity index (χ0n) is 10.2. The number of ether oxygens (including phenoxy) is 3. The summed E-state index contributed by atoms with van der Waals surface area (Å²) in [5.41, 5.74) is 7.18. The Kier molecular flexibility index (Phi) is 2.87. The summed E-state index contributed by atoms with van der Waals surface area (Å²) in [5, 5.41) is 7.02. The lowest BCUT2D eigenvalue weighted by molar-refractivity contribution is 0.172. The number of fused-ring (bicyclic) bond motifs is 1. The Labute approximate surface area is 114 Å². The zero-order valence-corrected chi connectivity index (χ0v) is 11.0. The third kappa shape index (κ3) is 1.84. The Hall–Kier alpha value is -2.08. The fraction of sp³-hybridized carbons (Fsp3) is 0.250. The van der Waals surface area contributed by atoms with Crippen molar-refractivity contribution in [3.63, 3.8) is 0 Å². The molecule has 1 aromatic carbocycles. The quantitative estimate of drug-likeness (QED) is 0.881. The van der Waals surface area contributed by atoms with Crippen LogP contribution in [0.5, 0.6) is 17.2 Å². The number of halogens is 1. The van der Waals surface area contributed by atoms with E-state index in [1.54, 1.807) is 12.3 Å². The first-order valence-electron chi connectivity index (χ1n) is 5.67. The highest BCUT2D eigenvalue weighted by molar-refractivity contribution is 6.33. The van der Waals surface area contributed by atoms with E-state index in [0.29, 0.717) is 52.4 Å². The van der Waals surface area contributed by atoms with Gasteiger partial charge in [-0.25, -0.2) is 0 Å². The van der Waals surface area contributed by atoms with E-state index in [2.05, 4.69) is 10.2 Å². The van der Waals surface area contributed by atoms with E-state index in [0.717, 1.165) is 0 Å². The molecule has 1 aliphatic heterocycles. The van der Waals surface area contributed by atoms with Gasteiger partial charge in [-0.15, -0.1) is 0 Å².